The zero-order valence-electron chi connectivity index (χ0n) is 25.0. The summed E-state index contributed by atoms with van der Waals surface area (Å²) in [6.45, 7) is 1.96. The van der Waals surface area contributed by atoms with Gasteiger partial charge in [-0.3, -0.25) is 5.10 Å². The molecule has 4 aromatic rings. The van der Waals surface area contributed by atoms with E-state index in [0.29, 0.717) is 17.1 Å². The molecule has 3 aromatic carbocycles. The molecule has 0 amide bonds. The zero-order chi connectivity index (χ0) is 29.6. The van der Waals surface area contributed by atoms with Gasteiger partial charge in [0.25, 0.3) is 10.0 Å². The third-order valence-electron chi connectivity index (χ3n) is 8.84. The van der Waals surface area contributed by atoms with E-state index >= 15 is 0 Å². The van der Waals surface area contributed by atoms with Crippen molar-refractivity contribution >= 4 is 33.3 Å². The predicted octanol–water partition coefficient (Wildman–Crippen LogP) is 6.15. The first-order chi connectivity index (χ1) is 20.1. The van der Waals surface area contributed by atoms with Gasteiger partial charge < -0.3 is 9.80 Å². The third-order valence-corrected chi connectivity index (χ3v) is 10.7. The van der Waals surface area contributed by atoms with E-state index in [9.17, 15) is 8.42 Å². The molecule has 7 nitrogen and oxygen atoms in total. The highest BCUT2D eigenvalue weighted by atomic mass is 32.2. The number of anilines is 3. The number of rotatable bonds is 8. The van der Waals surface area contributed by atoms with Gasteiger partial charge in [-0.1, -0.05) is 54.1 Å². The quantitative estimate of drug-likeness (QED) is 0.270. The van der Waals surface area contributed by atoms with Crippen molar-refractivity contribution in [2.45, 2.75) is 49.0 Å². The Morgan fingerprint density at radius 3 is 1.83 bits per heavy atom. The highest BCUT2D eigenvalue weighted by molar-refractivity contribution is 7.92. The molecular formula is C34H39N5O2S. The Morgan fingerprint density at radius 2 is 1.36 bits per heavy atom. The number of aromatic nitrogens is 2. The molecule has 1 fully saturated rings. The van der Waals surface area contributed by atoms with Crippen LogP contribution in [0, 0.1) is 6.92 Å². The van der Waals surface area contributed by atoms with Crippen LogP contribution < -0.4 is 14.1 Å². The second-order valence-electron chi connectivity index (χ2n) is 12.0. The van der Waals surface area contributed by atoms with Crippen molar-refractivity contribution in [2.75, 3.05) is 42.3 Å². The molecule has 1 N–H and O–H groups in total. The van der Waals surface area contributed by atoms with Crippen LogP contribution in [0.25, 0.3) is 6.08 Å². The Morgan fingerprint density at radius 1 is 0.810 bits per heavy atom. The summed E-state index contributed by atoms with van der Waals surface area (Å²) >= 11 is 0. The molecule has 0 aliphatic heterocycles. The van der Waals surface area contributed by atoms with Crippen LogP contribution in [0.2, 0.25) is 0 Å². The van der Waals surface area contributed by atoms with Crippen LogP contribution in [0.5, 0.6) is 0 Å². The lowest BCUT2D eigenvalue weighted by Crippen LogP contribution is -2.45. The van der Waals surface area contributed by atoms with Gasteiger partial charge in [-0.25, -0.2) is 12.7 Å². The second kappa shape index (κ2) is 10.7. The van der Waals surface area contributed by atoms with Crippen LogP contribution in [0.4, 0.5) is 17.2 Å². The van der Waals surface area contributed by atoms with Crippen molar-refractivity contribution in [1.82, 2.24) is 10.2 Å². The van der Waals surface area contributed by atoms with Gasteiger partial charge in [-0.05, 0) is 73.7 Å². The van der Waals surface area contributed by atoms with E-state index in [1.54, 1.807) is 16.4 Å². The van der Waals surface area contributed by atoms with E-state index in [0.717, 1.165) is 47.5 Å². The number of benzene rings is 3. The molecule has 2 aliphatic rings. The van der Waals surface area contributed by atoms with Crippen LogP contribution in [-0.2, 0) is 21.9 Å². The maximum absolute atomic E-state index is 14.0. The van der Waals surface area contributed by atoms with E-state index < -0.39 is 15.4 Å². The van der Waals surface area contributed by atoms with Gasteiger partial charge in [0, 0.05) is 68.7 Å². The molecule has 2 aliphatic carbocycles. The summed E-state index contributed by atoms with van der Waals surface area (Å²) in [5.41, 5.74) is 6.99. The summed E-state index contributed by atoms with van der Waals surface area (Å²) in [5, 5.41) is 7.97. The van der Waals surface area contributed by atoms with Crippen LogP contribution in [0.15, 0.2) is 83.8 Å². The molecule has 218 valence electrons. The Bertz CT molecular complexity index is 1650. The minimum atomic E-state index is -3.79. The highest BCUT2D eigenvalue weighted by Gasteiger charge is 2.41. The standard InChI is InChI=1S/C34H39N5O2S/c1-24-9-19-30(20-10-24)42(40,41)39(29-7-6-8-29)33-31-21-22-34(23-32(31)35-36-33,25-11-15-27(16-12-25)37(2)3)26-13-17-28(18-14-26)38(4)5/h9-22,29H,6-8,23H2,1-5H3,(H,35,36). The topological polar surface area (TPSA) is 72.5 Å². The highest BCUT2D eigenvalue weighted by Crippen LogP contribution is 2.45. The summed E-state index contributed by atoms with van der Waals surface area (Å²) in [7, 11) is 4.39. The lowest BCUT2D eigenvalue weighted by Gasteiger charge is -2.38. The molecule has 6 rings (SSSR count). The average Bonchev–Trinajstić information content (AvgIpc) is 3.37. The van der Waals surface area contributed by atoms with Crippen molar-refractivity contribution < 1.29 is 8.42 Å². The van der Waals surface area contributed by atoms with Gasteiger partial charge in [0.15, 0.2) is 5.82 Å². The fourth-order valence-electron chi connectivity index (χ4n) is 6.02. The summed E-state index contributed by atoms with van der Waals surface area (Å²) < 4.78 is 29.7. The van der Waals surface area contributed by atoms with E-state index in [-0.39, 0.29) is 6.04 Å². The number of fused-ring (bicyclic) bond motifs is 1. The smallest absolute Gasteiger partial charge is 0.265 e. The fourth-order valence-corrected chi connectivity index (χ4v) is 7.70. The van der Waals surface area contributed by atoms with E-state index in [1.165, 1.54) is 11.1 Å². The number of hydrogen-bond donors (Lipinski definition) is 1. The molecule has 0 spiro atoms. The minimum absolute atomic E-state index is 0.0963. The number of sulfonamides is 1. The summed E-state index contributed by atoms with van der Waals surface area (Å²) in [6, 6.07) is 24.4. The number of nitrogens with zero attached hydrogens (tertiary/aromatic N) is 4. The Balaban J connectivity index is 1.45. The van der Waals surface area contributed by atoms with Crippen LogP contribution >= 0.6 is 0 Å². The van der Waals surface area contributed by atoms with Crippen molar-refractivity contribution in [3.05, 3.63) is 107 Å². The number of hydrogen-bond acceptors (Lipinski definition) is 5. The SMILES string of the molecule is Cc1ccc(S(=O)(=O)N(c2n[nH]c3c2C=CC(c2ccc(N(C)C)cc2)(c2ccc(N(C)C)cc2)C3)C2CCC2)cc1. The number of allylic oxidation sites excluding steroid dienone is 1. The molecule has 0 bridgehead atoms. The van der Waals surface area contributed by atoms with Gasteiger partial charge in [-0.2, -0.15) is 5.10 Å². The molecule has 8 heteroatoms. The number of nitrogens with one attached hydrogen (secondary N) is 1. The van der Waals surface area contributed by atoms with Gasteiger partial charge in [0.2, 0.25) is 0 Å². The van der Waals surface area contributed by atoms with Gasteiger partial charge in [0.05, 0.1) is 4.90 Å². The van der Waals surface area contributed by atoms with Crippen molar-refractivity contribution in [1.29, 1.82) is 0 Å². The molecule has 0 atom stereocenters. The van der Waals surface area contributed by atoms with E-state index in [1.807, 2.05) is 47.2 Å². The van der Waals surface area contributed by atoms with Crippen LogP contribution in [0.1, 0.15) is 47.2 Å². The van der Waals surface area contributed by atoms with Gasteiger partial charge >= 0.3 is 0 Å². The largest absolute Gasteiger partial charge is 0.378 e. The molecule has 0 radical (unpaired) electrons. The first-order valence-corrected chi connectivity index (χ1v) is 16.0. The number of aromatic amines is 1. The van der Waals surface area contributed by atoms with Crippen molar-refractivity contribution in [3.8, 4) is 0 Å². The molecule has 1 heterocycles. The summed E-state index contributed by atoms with van der Waals surface area (Å²) in [5.74, 6) is 0.492. The lowest BCUT2D eigenvalue weighted by atomic mass is 9.68. The molecule has 0 unspecified atom stereocenters. The monoisotopic (exact) mass is 581 g/mol. The van der Waals surface area contributed by atoms with Crippen LogP contribution in [-0.4, -0.2) is 52.8 Å². The van der Waals surface area contributed by atoms with Crippen molar-refractivity contribution in [3.63, 3.8) is 0 Å². The first-order valence-electron chi connectivity index (χ1n) is 14.5. The predicted molar refractivity (Wildman–Crippen MR) is 172 cm³/mol. The normalized spacial score (nSPS) is 16.0. The Hall–Kier alpha value is -4.04. The van der Waals surface area contributed by atoms with Gasteiger partial charge in [-0.15, -0.1) is 0 Å². The Labute approximate surface area is 249 Å². The minimum Gasteiger partial charge on any atom is -0.378 e. The third kappa shape index (κ3) is 4.77. The molecular weight excluding hydrogens is 542 g/mol. The van der Waals surface area contributed by atoms with E-state index in [2.05, 4.69) is 75.6 Å². The summed E-state index contributed by atoms with van der Waals surface area (Å²) in [4.78, 5) is 4.50. The first kappa shape index (κ1) is 28.1. The molecule has 0 saturated heterocycles. The molecule has 1 aromatic heterocycles. The van der Waals surface area contributed by atoms with E-state index in [4.69, 9.17) is 5.10 Å². The van der Waals surface area contributed by atoms with Gasteiger partial charge in [0.1, 0.15) is 0 Å². The molecule has 1 saturated carbocycles. The fraction of sp³-hybridized carbons (Fsp3) is 0.324. The maximum atomic E-state index is 14.0. The van der Waals surface area contributed by atoms with Crippen molar-refractivity contribution in [2.24, 2.45) is 0 Å². The maximum Gasteiger partial charge on any atom is 0.265 e. The number of H-pyrrole nitrogens is 1. The molecule has 42 heavy (non-hydrogen) atoms. The zero-order valence-corrected chi connectivity index (χ0v) is 25.8. The summed E-state index contributed by atoms with van der Waals surface area (Å²) in [6.07, 6.45) is 7.63. The number of aryl methyl sites for hydroxylation is 1. The second-order valence-corrected chi connectivity index (χ2v) is 13.8. The lowest BCUT2D eigenvalue weighted by molar-refractivity contribution is 0.413. The average molecular weight is 582 g/mol. The Kier molecular flexibility index (Phi) is 7.13. The van der Waals surface area contributed by atoms with Crippen LogP contribution in [0.3, 0.4) is 0 Å².